The third-order valence-corrected chi connectivity index (χ3v) is 9.42. The fourth-order valence-corrected chi connectivity index (χ4v) is 6.07. The molecule has 2 aromatic carbocycles. The van der Waals surface area contributed by atoms with Crippen molar-refractivity contribution in [2.24, 2.45) is 0 Å². The summed E-state index contributed by atoms with van der Waals surface area (Å²) >= 11 is 11.6. The van der Waals surface area contributed by atoms with Crippen LogP contribution in [0.4, 0.5) is 22.9 Å². The van der Waals surface area contributed by atoms with E-state index in [1.165, 1.54) is 70.5 Å². The Bertz CT molecular complexity index is 2880. The highest BCUT2D eigenvalue weighted by Gasteiger charge is 2.18. The molecule has 6 heterocycles. The second-order valence-electron chi connectivity index (χ2n) is 13.3. The lowest BCUT2D eigenvalue weighted by Gasteiger charge is -2.11. The average Bonchev–Trinajstić information content (AvgIpc) is 3.31. The van der Waals surface area contributed by atoms with Gasteiger partial charge in [-0.3, -0.25) is 42.9 Å². The van der Waals surface area contributed by atoms with Gasteiger partial charge in [-0.15, -0.1) is 0 Å². The Hall–Kier alpha value is -8.60. The maximum atomic E-state index is 12.8. The summed E-state index contributed by atoms with van der Waals surface area (Å²) < 4.78 is 2.98. The number of carbonyl (C=O) groups excluding carboxylic acids is 4. The van der Waals surface area contributed by atoms with E-state index in [9.17, 15) is 28.8 Å². The number of halogens is 2. The van der Waals surface area contributed by atoms with Crippen molar-refractivity contribution in [3.05, 3.63) is 224 Å². The topological polar surface area (TPSA) is 212 Å². The summed E-state index contributed by atoms with van der Waals surface area (Å²) in [6.07, 6.45) is 10.3. The van der Waals surface area contributed by atoms with E-state index in [4.69, 9.17) is 23.2 Å². The van der Waals surface area contributed by atoms with E-state index >= 15 is 0 Å². The van der Waals surface area contributed by atoms with Crippen molar-refractivity contribution in [2.75, 3.05) is 21.3 Å². The van der Waals surface area contributed by atoms with E-state index in [0.29, 0.717) is 32.8 Å². The smallest absolute Gasteiger partial charge is 0.275 e. The molecule has 0 saturated heterocycles. The largest absolute Gasteiger partial charge is 0.322 e. The number of benzene rings is 2. The number of rotatable bonds is 10. The van der Waals surface area contributed by atoms with Crippen LogP contribution >= 0.6 is 23.2 Å². The molecule has 0 radical (unpaired) electrons. The molecule has 0 atom stereocenters. The summed E-state index contributed by atoms with van der Waals surface area (Å²) in [6, 6.07) is 34.1. The van der Waals surface area contributed by atoms with Crippen LogP contribution < -0.4 is 32.4 Å². The van der Waals surface area contributed by atoms with E-state index in [2.05, 4.69) is 41.2 Å². The molecule has 0 bridgehead atoms. The van der Waals surface area contributed by atoms with Crippen LogP contribution in [0.3, 0.4) is 0 Å². The van der Waals surface area contributed by atoms with Crippen LogP contribution in [-0.4, -0.2) is 52.7 Å². The number of aromatic nitrogens is 6. The van der Waals surface area contributed by atoms with Crippen molar-refractivity contribution in [3.63, 3.8) is 0 Å². The molecule has 0 aliphatic carbocycles. The molecule has 4 N–H and O–H groups in total. The second-order valence-corrected chi connectivity index (χ2v) is 14.1. The molecule has 64 heavy (non-hydrogen) atoms. The summed E-state index contributed by atoms with van der Waals surface area (Å²) in [7, 11) is 0. The monoisotopic (exact) mass is 890 g/mol. The Morgan fingerprint density at radius 2 is 0.969 bits per heavy atom. The zero-order valence-electron chi connectivity index (χ0n) is 33.1. The fraction of sp³-hybridized carbons (Fsp3) is 0. The highest BCUT2D eigenvalue weighted by atomic mass is 35.5. The Morgan fingerprint density at radius 3 is 1.47 bits per heavy atom. The number of carbonyl (C=O) groups is 4. The van der Waals surface area contributed by atoms with Gasteiger partial charge in [0.05, 0.1) is 33.1 Å². The standard InChI is InChI=1S/2C23H16ClN5O3/c24-15-6-11-19(26-14-15)23(32)28-21-18(4-3-12-25-21)22(31)27-16-7-9-17(10-8-16)29-13-2-1-5-20(29)30;24-15-4-9-19(26-13-15)23(32)28-20-14-25-11-10-18(20)22(31)27-16-5-7-17(8-6-16)29-12-2-1-3-21(29)30/h1-14H,(H,27,31)(H,25,28,32);1-14H,(H,27,31)(H,28,32). The van der Waals surface area contributed by atoms with Gasteiger partial charge in [-0.1, -0.05) is 35.3 Å². The first-order valence-corrected chi connectivity index (χ1v) is 19.7. The Balaban J connectivity index is 0.000000191. The molecular formula is C46H32Cl2N10O6. The van der Waals surface area contributed by atoms with Crippen LogP contribution in [0, 0.1) is 0 Å². The van der Waals surface area contributed by atoms with Crippen molar-refractivity contribution < 1.29 is 19.2 Å². The predicted octanol–water partition coefficient (Wildman–Crippen LogP) is 7.57. The highest BCUT2D eigenvalue weighted by Crippen LogP contribution is 2.20. The molecule has 4 amide bonds. The lowest BCUT2D eigenvalue weighted by atomic mass is 10.2. The molecule has 316 valence electrons. The molecule has 0 saturated carbocycles. The van der Waals surface area contributed by atoms with Gasteiger partial charge >= 0.3 is 0 Å². The predicted molar refractivity (Wildman–Crippen MR) is 243 cm³/mol. The molecule has 0 spiro atoms. The van der Waals surface area contributed by atoms with Crippen molar-refractivity contribution in [1.82, 2.24) is 29.1 Å². The SMILES string of the molecule is O=C(Nc1cnccc1C(=O)Nc1ccc(-n2ccccc2=O)cc1)c1ccc(Cl)cn1.O=C(Nc1ncccc1C(=O)Nc1ccc(-n2ccccc2=O)cc1)c1ccc(Cl)cn1. The summed E-state index contributed by atoms with van der Waals surface area (Å²) in [5, 5.41) is 11.6. The normalized spacial score (nSPS) is 10.4. The highest BCUT2D eigenvalue weighted by molar-refractivity contribution is 6.30. The van der Waals surface area contributed by atoms with Crippen LogP contribution in [0.1, 0.15) is 41.7 Å². The van der Waals surface area contributed by atoms with E-state index in [0.717, 1.165) is 0 Å². The second kappa shape index (κ2) is 20.3. The number of hydrogen-bond acceptors (Lipinski definition) is 10. The van der Waals surface area contributed by atoms with Crippen LogP contribution in [0.25, 0.3) is 11.4 Å². The summed E-state index contributed by atoms with van der Waals surface area (Å²) in [5.74, 6) is -1.81. The van der Waals surface area contributed by atoms with Gasteiger partial charge < -0.3 is 21.3 Å². The molecule has 0 fully saturated rings. The molecule has 8 aromatic rings. The van der Waals surface area contributed by atoms with Gasteiger partial charge in [-0.2, -0.15) is 0 Å². The van der Waals surface area contributed by atoms with Gasteiger partial charge in [0.25, 0.3) is 34.7 Å². The van der Waals surface area contributed by atoms with Crippen molar-refractivity contribution in [2.45, 2.75) is 0 Å². The summed E-state index contributed by atoms with van der Waals surface area (Å²) in [4.78, 5) is 90.5. The van der Waals surface area contributed by atoms with Gasteiger partial charge in [0, 0.05) is 72.1 Å². The first kappa shape index (κ1) is 43.5. The van der Waals surface area contributed by atoms with E-state index in [1.807, 2.05) is 0 Å². The molecule has 0 unspecified atom stereocenters. The third kappa shape index (κ3) is 11.0. The number of nitrogens with one attached hydrogen (secondary N) is 4. The quantitative estimate of drug-likeness (QED) is 0.106. The summed E-state index contributed by atoms with van der Waals surface area (Å²) in [6.45, 7) is 0. The number of hydrogen-bond donors (Lipinski definition) is 4. The van der Waals surface area contributed by atoms with Crippen LogP contribution in [-0.2, 0) is 0 Å². The van der Waals surface area contributed by atoms with Gasteiger partial charge in [0.1, 0.15) is 17.2 Å². The Kier molecular flexibility index (Phi) is 13.8. The minimum absolute atomic E-state index is 0.0965. The van der Waals surface area contributed by atoms with Gasteiger partial charge in [0.15, 0.2) is 0 Å². The first-order valence-electron chi connectivity index (χ1n) is 19.0. The Labute approximate surface area is 373 Å². The zero-order valence-corrected chi connectivity index (χ0v) is 34.6. The lowest BCUT2D eigenvalue weighted by Crippen LogP contribution is -2.20. The van der Waals surface area contributed by atoms with Crippen LogP contribution in [0.5, 0.6) is 0 Å². The minimum atomic E-state index is -0.521. The maximum Gasteiger partial charge on any atom is 0.275 e. The van der Waals surface area contributed by atoms with E-state index < -0.39 is 23.6 Å². The fourth-order valence-electron chi connectivity index (χ4n) is 5.85. The van der Waals surface area contributed by atoms with Gasteiger partial charge in [-0.25, -0.2) is 15.0 Å². The zero-order chi connectivity index (χ0) is 45.0. The van der Waals surface area contributed by atoms with E-state index in [1.54, 1.807) is 109 Å². The summed E-state index contributed by atoms with van der Waals surface area (Å²) in [5.41, 5.74) is 2.99. The number of pyridine rings is 6. The lowest BCUT2D eigenvalue weighted by molar-refractivity contribution is 0.100. The number of anilines is 4. The third-order valence-electron chi connectivity index (χ3n) is 8.97. The molecule has 16 nitrogen and oxygen atoms in total. The van der Waals surface area contributed by atoms with Gasteiger partial charge in [-0.05, 0) is 103 Å². The molecule has 6 aromatic heterocycles. The van der Waals surface area contributed by atoms with E-state index in [-0.39, 0.29) is 45.1 Å². The molecular weight excluding hydrogens is 859 g/mol. The molecule has 8 rings (SSSR count). The van der Waals surface area contributed by atoms with Crippen LogP contribution in [0.2, 0.25) is 10.0 Å². The van der Waals surface area contributed by atoms with Crippen LogP contribution in [0.15, 0.2) is 180 Å². The average molecular weight is 892 g/mol. The molecule has 0 aliphatic rings. The number of amides is 4. The Morgan fingerprint density at radius 1 is 0.453 bits per heavy atom. The number of nitrogens with zero attached hydrogens (tertiary/aromatic N) is 6. The van der Waals surface area contributed by atoms with Crippen molar-refractivity contribution >= 4 is 69.7 Å². The molecule has 0 aliphatic heterocycles. The maximum absolute atomic E-state index is 12.8. The first-order chi connectivity index (χ1) is 31.0. The van der Waals surface area contributed by atoms with Crippen molar-refractivity contribution in [3.8, 4) is 11.4 Å². The van der Waals surface area contributed by atoms with Gasteiger partial charge in [0.2, 0.25) is 0 Å². The van der Waals surface area contributed by atoms with Crippen molar-refractivity contribution in [1.29, 1.82) is 0 Å². The molecule has 18 heteroatoms. The minimum Gasteiger partial charge on any atom is -0.322 e.